The quantitative estimate of drug-likeness (QED) is 0.494. The molecule has 0 saturated heterocycles. The van der Waals surface area contributed by atoms with E-state index in [0.29, 0.717) is 5.69 Å². The van der Waals surface area contributed by atoms with E-state index in [1.165, 1.54) is 18.2 Å². The van der Waals surface area contributed by atoms with Crippen molar-refractivity contribution in [3.8, 4) is 0 Å². The molecule has 0 aliphatic rings. The lowest BCUT2D eigenvalue weighted by molar-refractivity contribution is -0.384. The molecule has 0 atom stereocenters. The molecule has 0 saturated carbocycles. The first-order valence-corrected chi connectivity index (χ1v) is 6.19. The van der Waals surface area contributed by atoms with E-state index in [0.717, 1.165) is 0 Å². The van der Waals surface area contributed by atoms with Crippen molar-refractivity contribution in [2.45, 2.75) is 19.4 Å². The highest BCUT2D eigenvalue weighted by Crippen LogP contribution is 2.26. The number of hydrogen-bond donors (Lipinski definition) is 1. The molecule has 0 spiro atoms. The van der Waals surface area contributed by atoms with E-state index < -0.39 is 4.92 Å². The number of nitro groups is 1. The molecule has 0 aromatic heterocycles. The van der Waals surface area contributed by atoms with Crippen LogP contribution in [-0.2, 0) is 4.74 Å². The number of methoxy groups -OCH3 is 1. The first kappa shape index (κ1) is 16.1. The summed E-state index contributed by atoms with van der Waals surface area (Å²) in [6.45, 7) is 3.83. The Labute approximate surface area is 122 Å². The van der Waals surface area contributed by atoms with E-state index in [9.17, 15) is 10.1 Å². The largest absolute Gasteiger partial charge is 0.375 e. The van der Waals surface area contributed by atoms with Crippen LogP contribution in [0.25, 0.3) is 0 Å². The highest BCUT2D eigenvalue weighted by Gasteiger charge is 2.10. The first-order chi connectivity index (χ1) is 9.35. The minimum Gasteiger partial charge on any atom is -0.375 e. The van der Waals surface area contributed by atoms with Crippen LogP contribution in [0.15, 0.2) is 35.5 Å². The normalized spacial score (nSPS) is 12.2. The number of hydrogen-bond acceptors (Lipinski definition) is 5. The van der Waals surface area contributed by atoms with Crippen molar-refractivity contribution in [1.82, 2.24) is 0 Å². The molecule has 1 rings (SSSR count). The number of nitro benzene ring substituents is 1. The predicted octanol–water partition coefficient (Wildman–Crippen LogP) is 3.63. The Kier molecular flexibility index (Phi) is 5.66. The van der Waals surface area contributed by atoms with Crippen LogP contribution in [0, 0.1) is 10.1 Å². The predicted molar refractivity (Wildman–Crippen MR) is 80.4 cm³/mol. The SMILES string of the molecule is COC(C)(C)/C=C/C=N/Nc1ccc([N+](=O)[O-])cc1Cl. The Morgan fingerprint density at radius 1 is 1.50 bits per heavy atom. The zero-order chi connectivity index (χ0) is 15.2. The smallest absolute Gasteiger partial charge is 0.271 e. The zero-order valence-corrected chi connectivity index (χ0v) is 12.2. The summed E-state index contributed by atoms with van der Waals surface area (Å²) in [7, 11) is 1.62. The molecule has 0 bridgehead atoms. The average Bonchev–Trinajstić information content (AvgIpc) is 2.39. The van der Waals surface area contributed by atoms with Crippen LogP contribution in [-0.4, -0.2) is 23.8 Å². The van der Waals surface area contributed by atoms with Gasteiger partial charge >= 0.3 is 0 Å². The summed E-state index contributed by atoms with van der Waals surface area (Å²) in [6.07, 6.45) is 5.12. The molecule has 0 heterocycles. The molecule has 0 radical (unpaired) electrons. The molecular weight excluding hydrogens is 282 g/mol. The minimum atomic E-state index is -0.505. The van der Waals surface area contributed by atoms with Gasteiger partial charge in [-0.1, -0.05) is 17.7 Å². The molecule has 0 unspecified atom stereocenters. The number of nitrogens with zero attached hydrogens (tertiary/aromatic N) is 2. The van der Waals surface area contributed by atoms with Crippen LogP contribution in [0.2, 0.25) is 5.02 Å². The van der Waals surface area contributed by atoms with Gasteiger partial charge in [-0.05, 0) is 26.0 Å². The highest BCUT2D eigenvalue weighted by molar-refractivity contribution is 6.33. The van der Waals surface area contributed by atoms with Crippen molar-refractivity contribution in [1.29, 1.82) is 0 Å². The minimum absolute atomic E-state index is 0.0636. The van der Waals surface area contributed by atoms with Crippen LogP contribution in [0.3, 0.4) is 0 Å². The van der Waals surface area contributed by atoms with Crippen molar-refractivity contribution in [2.75, 3.05) is 12.5 Å². The van der Waals surface area contributed by atoms with Crippen molar-refractivity contribution in [2.24, 2.45) is 5.10 Å². The third-order valence-corrected chi connectivity index (χ3v) is 2.85. The number of ether oxygens (including phenoxy) is 1. The highest BCUT2D eigenvalue weighted by atomic mass is 35.5. The first-order valence-electron chi connectivity index (χ1n) is 5.82. The standard InChI is InChI=1S/C13H16ClN3O3/c1-13(2,20-3)7-4-8-15-16-12-6-5-10(17(18)19)9-11(12)14/h4-9,16H,1-3H3/b7-4+,15-8+. The maximum absolute atomic E-state index is 10.6. The second-order valence-electron chi connectivity index (χ2n) is 4.48. The molecule has 6 nitrogen and oxygen atoms in total. The molecule has 7 heteroatoms. The van der Waals surface area contributed by atoms with E-state index in [1.807, 2.05) is 19.9 Å². The van der Waals surface area contributed by atoms with Crippen molar-refractivity contribution in [3.05, 3.63) is 45.5 Å². The molecule has 1 aromatic carbocycles. The maximum atomic E-state index is 10.6. The fourth-order valence-electron chi connectivity index (χ4n) is 1.20. The molecule has 0 aliphatic carbocycles. The Morgan fingerprint density at radius 2 is 2.20 bits per heavy atom. The van der Waals surface area contributed by atoms with Crippen molar-refractivity contribution < 1.29 is 9.66 Å². The summed E-state index contributed by atoms with van der Waals surface area (Å²) in [5.74, 6) is 0. The molecule has 1 aromatic rings. The van der Waals surface area contributed by atoms with Crippen LogP contribution in [0.4, 0.5) is 11.4 Å². The van der Waals surface area contributed by atoms with Crippen molar-refractivity contribution in [3.63, 3.8) is 0 Å². The summed E-state index contributed by atoms with van der Waals surface area (Å²) in [5, 5.41) is 14.7. The van der Waals surface area contributed by atoms with Crippen LogP contribution < -0.4 is 5.43 Å². The topological polar surface area (TPSA) is 76.8 Å². The lowest BCUT2D eigenvalue weighted by atomic mass is 10.1. The van der Waals surface area contributed by atoms with Gasteiger partial charge in [0, 0.05) is 25.5 Å². The molecule has 0 amide bonds. The third-order valence-electron chi connectivity index (χ3n) is 2.53. The number of rotatable bonds is 6. The Balaban J connectivity index is 2.65. The molecule has 1 N–H and O–H groups in total. The Hall–Kier alpha value is -1.92. The fraction of sp³-hybridized carbons (Fsp3) is 0.308. The molecule has 108 valence electrons. The van der Waals surface area contributed by atoms with Gasteiger partial charge in [0.25, 0.3) is 5.69 Å². The number of non-ortho nitro benzene ring substituents is 1. The van der Waals surface area contributed by atoms with Crippen molar-refractivity contribution >= 4 is 29.2 Å². The second-order valence-corrected chi connectivity index (χ2v) is 4.89. The van der Waals surface area contributed by atoms with Crippen LogP contribution >= 0.6 is 11.6 Å². The fourth-order valence-corrected chi connectivity index (χ4v) is 1.42. The van der Waals surface area contributed by atoms with Gasteiger partial charge in [-0.3, -0.25) is 15.5 Å². The van der Waals surface area contributed by atoms with Gasteiger partial charge < -0.3 is 4.74 Å². The van der Waals surface area contributed by atoms with Gasteiger partial charge in [0.15, 0.2) is 0 Å². The third kappa shape index (κ3) is 4.99. The average molecular weight is 298 g/mol. The number of halogens is 1. The lowest BCUT2D eigenvalue weighted by Gasteiger charge is -2.16. The number of benzene rings is 1. The zero-order valence-electron chi connectivity index (χ0n) is 11.5. The molecule has 0 aliphatic heterocycles. The summed E-state index contributed by atoms with van der Waals surface area (Å²) < 4.78 is 5.20. The van der Waals surface area contributed by atoms with Gasteiger partial charge in [-0.15, -0.1) is 0 Å². The Morgan fingerprint density at radius 3 is 2.75 bits per heavy atom. The van der Waals surface area contributed by atoms with E-state index in [1.54, 1.807) is 19.4 Å². The molecular formula is C13H16ClN3O3. The van der Waals surface area contributed by atoms with E-state index >= 15 is 0 Å². The van der Waals surface area contributed by atoms with E-state index in [4.69, 9.17) is 16.3 Å². The Bertz CT molecular complexity index is 542. The van der Waals surface area contributed by atoms with E-state index in [-0.39, 0.29) is 16.3 Å². The van der Waals surface area contributed by atoms with Gasteiger partial charge in [0.2, 0.25) is 0 Å². The van der Waals surface area contributed by atoms with Gasteiger partial charge in [0.05, 0.1) is 21.2 Å². The van der Waals surface area contributed by atoms with Gasteiger partial charge in [0.1, 0.15) is 0 Å². The number of anilines is 1. The monoisotopic (exact) mass is 297 g/mol. The molecule has 20 heavy (non-hydrogen) atoms. The maximum Gasteiger partial charge on any atom is 0.271 e. The van der Waals surface area contributed by atoms with Gasteiger partial charge in [-0.2, -0.15) is 5.10 Å². The lowest BCUT2D eigenvalue weighted by Crippen LogP contribution is -2.18. The van der Waals surface area contributed by atoms with Crippen LogP contribution in [0.1, 0.15) is 13.8 Å². The number of allylic oxidation sites excluding steroid dienone is 1. The summed E-state index contributed by atoms with van der Waals surface area (Å²) in [6, 6.07) is 4.12. The number of hydrazone groups is 1. The number of nitrogens with one attached hydrogen (secondary N) is 1. The summed E-state index contributed by atoms with van der Waals surface area (Å²) in [5.41, 5.74) is 2.77. The second kappa shape index (κ2) is 7.02. The summed E-state index contributed by atoms with van der Waals surface area (Å²) >= 11 is 5.90. The van der Waals surface area contributed by atoms with Crippen LogP contribution in [0.5, 0.6) is 0 Å². The van der Waals surface area contributed by atoms with Gasteiger partial charge in [-0.25, -0.2) is 0 Å². The molecule has 0 fully saturated rings. The summed E-state index contributed by atoms with van der Waals surface area (Å²) in [4.78, 5) is 10.1. The van der Waals surface area contributed by atoms with E-state index in [2.05, 4.69) is 10.5 Å².